The van der Waals surface area contributed by atoms with Crippen LogP contribution in [-0.4, -0.2) is 25.6 Å². The highest BCUT2D eigenvalue weighted by Gasteiger charge is 2.10. The number of rotatable bonds is 4. The Bertz CT molecular complexity index is 827. The molecule has 0 saturated carbocycles. The standard InChI is InChI=1S/C13H11ClFN3O3S/c1-22(20,21)18-12-6-8(4-5-16-12)13(19)17-9-2-3-11(15)10(14)7-9/h2-7H,1H3,(H,16,18)(H,17,19). The minimum absolute atomic E-state index is 0.0206. The van der Waals surface area contributed by atoms with Crippen LogP contribution in [0.3, 0.4) is 0 Å². The molecule has 1 heterocycles. The van der Waals surface area contributed by atoms with Crippen LogP contribution in [0, 0.1) is 5.82 Å². The Hall–Kier alpha value is -2.19. The van der Waals surface area contributed by atoms with Gasteiger partial charge in [0.25, 0.3) is 5.91 Å². The number of nitrogens with zero attached hydrogens (tertiary/aromatic N) is 1. The first-order valence-electron chi connectivity index (χ1n) is 5.95. The van der Waals surface area contributed by atoms with Crippen molar-refractivity contribution in [2.75, 3.05) is 16.3 Å². The first-order chi connectivity index (χ1) is 10.2. The van der Waals surface area contributed by atoms with E-state index in [2.05, 4.69) is 15.0 Å². The normalized spacial score (nSPS) is 11.0. The Balaban J connectivity index is 2.19. The molecule has 0 atom stereocenters. The molecule has 2 aromatic rings. The summed E-state index contributed by atoms with van der Waals surface area (Å²) in [5, 5.41) is 2.40. The summed E-state index contributed by atoms with van der Waals surface area (Å²) >= 11 is 5.63. The summed E-state index contributed by atoms with van der Waals surface area (Å²) in [5.74, 6) is -1.09. The maximum Gasteiger partial charge on any atom is 0.255 e. The molecule has 22 heavy (non-hydrogen) atoms. The van der Waals surface area contributed by atoms with Crippen LogP contribution in [-0.2, 0) is 10.0 Å². The first kappa shape index (κ1) is 16.2. The molecule has 0 bridgehead atoms. The molecule has 0 unspecified atom stereocenters. The molecule has 1 amide bonds. The van der Waals surface area contributed by atoms with Crippen molar-refractivity contribution >= 4 is 39.0 Å². The van der Waals surface area contributed by atoms with Crippen molar-refractivity contribution in [3.05, 3.63) is 52.9 Å². The van der Waals surface area contributed by atoms with Gasteiger partial charge in [0.2, 0.25) is 10.0 Å². The molecule has 0 aliphatic carbocycles. The van der Waals surface area contributed by atoms with E-state index in [4.69, 9.17) is 11.6 Å². The van der Waals surface area contributed by atoms with Crippen molar-refractivity contribution in [1.29, 1.82) is 0 Å². The SMILES string of the molecule is CS(=O)(=O)Nc1cc(C(=O)Nc2ccc(F)c(Cl)c2)ccn1. The Labute approximate surface area is 131 Å². The Morgan fingerprint density at radius 3 is 2.64 bits per heavy atom. The van der Waals surface area contributed by atoms with Gasteiger partial charge in [-0.05, 0) is 30.3 Å². The highest BCUT2D eigenvalue weighted by atomic mass is 35.5. The van der Waals surface area contributed by atoms with Crippen molar-refractivity contribution in [2.24, 2.45) is 0 Å². The van der Waals surface area contributed by atoms with E-state index in [-0.39, 0.29) is 16.4 Å². The molecular formula is C13H11ClFN3O3S. The molecule has 1 aromatic carbocycles. The average Bonchev–Trinajstić information content (AvgIpc) is 2.41. The number of aromatic nitrogens is 1. The Morgan fingerprint density at radius 1 is 1.27 bits per heavy atom. The van der Waals surface area contributed by atoms with Gasteiger partial charge < -0.3 is 5.32 Å². The molecular weight excluding hydrogens is 333 g/mol. The van der Waals surface area contributed by atoms with Crippen molar-refractivity contribution in [3.63, 3.8) is 0 Å². The minimum Gasteiger partial charge on any atom is -0.322 e. The fraction of sp³-hybridized carbons (Fsp3) is 0.0769. The maximum absolute atomic E-state index is 13.1. The molecule has 0 radical (unpaired) electrons. The number of halogens is 2. The van der Waals surface area contributed by atoms with Crippen molar-refractivity contribution in [1.82, 2.24) is 4.98 Å². The van der Waals surface area contributed by atoms with Gasteiger partial charge in [-0.2, -0.15) is 0 Å². The molecule has 116 valence electrons. The summed E-state index contributed by atoms with van der Waals surface area (Å²) in [4.78, 5) is 15.9. The van der Waals surface area contributed by atoms with E-state index in [9.17, 15) is 17.6 Å². The lowest BCUT2D eigenvalue weighted by molar-refractivity contribution is 0.102. The fourth-order valence-corrected chi connectivity index (χ4v) is 2.27. The number of anilines is 2. The van der Waals surface area contributed by atoms with Gasteiger partial charge in [-0.15, -0.1) is 0 Å². The molecule has 0 aliphatic heterocycles. The number of sulfonamides is 1. The molecule has 2 rings (SSSR count). The van der Waals surface area contributed by atoms with Crippen LogP contribution >= 0.6 is 11.6 Å². The van der Waals surface area contributed by atoms with Gasteiger partial charge in [0.05, 0.1) is 11.3 Å². The van der Waals surface area contributed by atoms with Crippen molar-refractivity contribution in [3.8, 4) is 0 Å². The predicted molar refractivity (Wildman–Crippen MR) is 82.1 cm³/mol. The second-order valence-electron chi connectivity index (χ2n) is 4.39. The van der Waals surface area contributed by atoms with Crippen LogP contribution in [0.2, 0.25) is 5.02 Å². The van der Waals surface area contributed by atoms with E-state index in [0.717, 1.165) is 12.3 Å². The zero-order chi connectivity index (χ0) is 16.3. The lowest BCUT2D eigenvalue weighted by Crippen LogP contribution is -2.14. The number of pyridine rings is 1. The minimum atomic E-state index is -3.49. The largest absolute Gasteiger partial charge is 0.322 e. The van der Waals surface area contributed by atoms with Gasteiger partial charge in [-0.25, -0.2) is 17.8 Å². The lowest BCUT2D eigenvalue weighted by Gasteiger charge is -2.08. The third-order valence-electron chi connectivity index (χ3n) is 2.49. The smallest absolute Gasteiger partial charge is 0.255 e. The topological polar surface area (TPSA) is 88.2 Å². The van der Waals surface area contributed by atoms with Gasteiger partial charge >= 0.3 is 0 Å². The Kier molecular flexibility index (Phi) is 4.62. The summed E-state index contributed by atoms with van der Waals surface area (Å²) in [6, 6.07) is 6.44. The average molecular weight is 344 g/mol. The molecule has 0 saturated heterocycles. The van der Waals surface area contributed by atoms with Gasteiger partial charge in [0.1, 0.15) is 11.6 Å². The number of hydrogen-bond acceptors (Lipinski definition) is 4. The van der Waals surface area contributed by atoms with Crippen LogP contribution in [0.5, 0.6) is 0 Å². The molecule has 6 nitrogen and oxygen atoms in total. The zero-order valence-corrected chi connectivity index (χ0v) is 12.9. The van der Waals surface area contributed by atoms with Crippen molar-refractivity contribution in [2.45, 2.75) is 0 Å². The summed E-state index contributed by atoms with van der Waals surface area (Å²) in [5.41, 5.74) is 0.493. The predicted octanol–water partition coefficient (Wildman–Crippen LogP) is 2.50. The Morgan fingerprint density at radius 2 is 2.00 bits per heavy atom. The van der Waals surface area contributed by atoms with Crippen LogP contribution in [0.1, 0.15) is 10.4 Å². The molecule has 0 aliphatic rings. The number of hydrogen-bond donors (Lipinski definition) is 2. The van der Waals surface area contributed by atoms with Gasteiger partial charge in [-0.1, -0.05) is 11.6 Å². The van der Waals surface area contributed by atoms with Crippen LogP contribution in [0.15, 0.2) is 36.5 Å². The maximum atomic E-state index is 13.1. The zero-order valence-electron chi connectivity index (χ0n) is 11.3. The van der Waals surface area contributed by atoms with Gasteiger partial charge in [0, 0.05) is 17.4 Å². The quantitative estimate of drug-likeness (QED) is 0.892. The second kappa shape index (κ2) is 6.29. The number of amides is 1. The van der Waals surface area contributed by atoms with E-state index >= 15 is 0 Å². The van der Waals surface area contributed by atoms with E-state index < -0.39 is 21.7 Å². The lowest BCUT2D eigenvalue weighted by atomic mass is 10.2. The summed E-state index contributed by atoms with van der Waals surface area (Å²) in [7, 11) is -3.49. The summed E-state index contributed by atoms with van der Waals surface area (Å²) in [6.45, 7) is 0. The third-order valence-corrected chi connectivity index (χ3v) is 3.36. The molecule has 9 heteroatoms. The molecule has 0 spiro atoms. The van der Waals surface area contributed by atoms with Crippen LogP contribution in [0.25, 0.3) is 0 Å². The highest BCUT2D eigenvalue weighted by Crippen LogP contribution is 2.20. The second-order valence-corrected chi connectivity index (χ2v) is 6.54. The number of carbonyl (C=O) groups excluding carboxylic acids is 1. The van der Waals surface area contributed by atoms with Crippen molar-refractivity contribution < 1.29 is 17.6 Å². The van der Waals surface area contributed by atoms with E-state index in [1.54, 1.807) is 0 Å². The monoisotopic (exact) mass is 343 g/mol. The molecule has 2 N–H and O–H groups in total. The van der Waals surface area contributed by atoms with Crippen LogP contribution < -0.4 is 10.0 Å². The first-order valence-corrected chi connectivity index (χ1v) is 8.22. The van der Waals surface area contributed by atoms with E-state index in [1.165, 1.54) is 30.5 Å². The number of benzene rings is 1. The van der Waals surface area contributed by atoms with Crippen LogP contribution in [0.4, 0.5) is 15.9 Å². The third kappa shape index (κ3) is 4.40. The van der Waals surface area contributed by atoms with Gasteiger partial charge in [0.15, 0.2) is 0 Å². The number of nitrogens with one attached hydrogen (secondary N) is 2. The number of carbonyl (C=O) groups is 1. The van der Waals surface area contributed by atoms with E-state index in [0.29, 0.717) is 5.69 Å². The summed E-state index contributed by atoms with van der Waals surface area (Å²) in [6.07, 6.45) is 2.27. The fourth-order valence-electron chi connectivity index (χ4n) is 1.59. The highest BCUT2D eigenvalue weighted by molar-refractivity contribution is 7.92. The summed E-state index contributed by atoms with van der Waals surface area (Å²) < 4.78 is 37.5. The van der Waals surface area contributed by atoms with Gasteiger partial charge in [-0.3, -0.25) is 9.52 Å². The van der Waals surface area contributed by atoms with E-state index in [1.807, 2.05) is 0 Å². The molecule has 0 fully saturated rings. The molecule has 1 aromatic heterocycles.